The molecule has 0 aliphatic carbocycles. The molecule has 1 aliphatic heterocycles. The van der Waals surface area contributed by atoms with E-state index in [1.54, 1.807) is 0 Å². The van der Waals surface area contributed by atoms with Crippen molar-refractivity contribution < 1.29 is 13.2 Å². The maximum Gasteiger partial charge on any atom is 0.151 e. The molecular formula is C12H25NO3S. The Morgan fingerprint density at radius 1 is 1.29 bits per heavy atom. The first-order valence-electron chi connectivity index (χ1n) is 6.30. The molecule has 102 valence electrons. The summed E-state index contributed by atoms with van der Waals surface area (Å²) in [7, 11) is -2.77. The molecule has 1 heterocycles. The lowest BCUT2D eigenvalue weighted by Gasteiger charge is -2.18. The van der Waals surface area contributed by atoms with E-state index >= 15 is 0 Å². The first-order valence-corrected chi connectivity index (χ1v) is 8.12. The van der Waals surface area contributed by atoms with E-state index in [-0.39, 0.29) is 11.8 Å². The summed E-state index contributed by atoms with van der Waals surface area (Å²) < 4.78 is 27.9. The first-order chi connectivity index (χ1) is 7.79. The van der Waals surface area contributed by atoms with E-state index < -0.39 is 9.84 Å². The van der Waals surface area contributed by atoms with Gasteiger partial charge in [-0.2, -0.15) is 0 Å². The molecule has 0 aromatic heterocycles. The van der Waals surface area contributed by atoms with E-state index in [1.165, 1.54) is 0 Å². The van der Waals surface area contributed by atoms with Crippen LogP contribution in [0.25, 0.3) is 0 Å². The van der Waals surface area contributed by atoms with Gasteiger partial charge in [-0.05, 0) is 18.3 Å². The fraction of sp³-hybridized carbons (Fsp3) is 1.00. The highest BCUT2D eigenvalue weighted by Crippen LogP contribution is 2.17. The van der Waals surface area contributed by atoms with Crippen LogP contribution in [0.1, 0.15) is 33.6 Å². The summed E-state index contributed by atoms with van der Waals surface area (Å²) in [6.45, 7) is 8.75. The van der Waals surface area contributed by atoms with Gasteiger partial charge in [0.25, 0.3) is 0 Å². The summed E-state index contributed by atoms with van der Waals surface area (Å²) in [5, 5.41) is 3.23. The summed E-state index contributed by atoms with van der Waals surface area (Å²) in [6, 6.07) is 0.131. The van der Waals surface area contributed by atoms with Crippen LogP contribution >= 0.6 is 0 Å². The Bertz CT molecular complexity index is 319. The molecule has 1 rings (SSSR count). The highest BCUT2D eigenvalue weighted by molar-refractivity contribution is 7.91. The molecule has 0 amide bonds. The summed E-state index contributed by atoms with van der Waals surface area (Å²) in [5.74, 6) is 0.616. The predicted molar refractivity (Wildman–Crippen MR) is 70.0 cm³/mol. The van der Waals surface area contributed by atoms with Crippen LogP contribution in [0.5, 0.6) is 0 Å². The van der Waals surface area contributed by atoms with Crippen molar-refractivity contribution in [2.75, 3.05) is 31.3 Å². The van der Waals surface area contributed by atoms with Crippen molar-refractivity contribution in [2.45, 2.75) is 39.7 Å². The second-order valence-electron chi connectivity index (χ2n) is 5.98. The van der Waals surface area contributed by atoms with Crippen molar-refractivity contribution in [3.8, 4) is 0 Å². The van der Waals surface area contributed by atoms with Gasteiger partial charge in [-0.1, -0.05) is 20.8 Å². The Hall–Kier alpha value is -0.130. The highest BCUT2D eigenvalue weighted by atomic mass is 32.2. The quantitative estimate of drug-likeness (QED) is 0.732. The average Bonchev–Trinajstić information content (AvgIpc) is 2.50. The van der Waals surface area contributed by atoms with Crippen molar-refractivity contribution >= 4 is 9.84 Å². The zero-order valence-electron chi connectivity index (χ0n) is 11.2. The maximum atomic E-state index is 11.2. The Balaban J connectivity index is 1.99. The van der Waals surface area contributed by atoms with Crippen LogP contribution in [0, 0.1) is 5.41 Å². The van der Waals surface area contributed by atoms with Crippen LogP contribution in [0.15, 0.2) is 0 Å². The van der Waals surface area contributed by atoms with Crippen molar-refractivity contribution in [3.05, 3.63) is 0 Å². The summed E-state index contributed by atoms with van der Waals surface area (Å²) >= 11 is 0. The Morgan fingerprint density at radius 2 is 2.00 bits per heavy atom. The van der Waals surface area contributed by atoms with Gasteiger partial charge in [0.1, 0.15) is 0 Å². The maximum absolute atomic E-state index is 11.2. The molecule has 1 atom stereocenters. The van der Waals surface area contributed by atoms with Gasteiger partial charge in [-0.15, -0.1) is 0 Å². The summed E-state index contributed by atoms with van der Waals surface area (Å²) in [4.78, 5) is 0. The van der Waals surface area contributed by atoms with Gasteiger partial charge < -0.3 is 10.1 Å². The fourth-order valence-corrected chi connectivity index (χ4v) is 3.48. The van der Waals surface area contributed by atoms with Gasteiger partial charge in [-0.25, -0.2) is 8.42 Å². The molecule has 1 saturated heterocycles. The van der Waals surface area contributed by atoms with E-state index in [9.17, 15) is 8.42 Å². The van der Waals surface area contributed by atoms with Crippen molar-refractivity contribution in [3.63, 3.8) is 0 Å². The highest BCUT2D eigenvalue weighted by Gasteiger charge is 2.26. The van der Waals surface area contributed by atoms with Gasteiger partial charge in [0, 0.05) is 19.2 Å². The monoisotopic (exact) mass is 263 g/mol. The van der Waals surface area contributed by atoms with Gasteiger partial charge in [-0.3, -0.25) is 0 Å². The lowest BCUT2D eigenvalue weighted by Crippen LogP contribution is -2.33. The Labute approximate surface area is 105 Å². The zero-order valence-corrected chi connectivity index (χ0v) is 12.0. The third-order valence-corrected chi connectivity index (χ3v) is 4.68. The number of rotatable bonds is 6. The van der Waals surface area contributed by atoms with Gasteiger partial charge in [0.2, 0.25) is 0 Å². The smallest absolute Gasteiger partial charge is 0.151 e. The van der Waals surface area contributed by atoms with E-state index in [2.05, 4.69) is 26.1 Å². The van der Waals surface area contributed by atoms with Crippen LogP contribution in [-0.2, 0) is 14.6 Å². The minimum Gasteiger partial charge on any atom is -0.380 e. The van der Waals surface area contributed by atoms with Crippen LogP contribution in [0.3, 0.4) is 0 Å². The summed E-state index contributed by atoms with van der Waals surface area (Å²) in [5.41, 5.74) is 0.312. The molecule has 0 bridgehead atoms. The third kappa shape index (κ3) is 7.01. The second-order valence-corrected chi connectivity index (χ2v) is 8.21. The molecule has 0 aromatic rings. The SMILES string of the molecule is CC(C)(C)CCOCCNC1CCS(=O)(=O)C1. The van der Waals surface area contributed by atoms with Crippen LogP contribution < -0.4 is 5.32 Å². The van der Waals surface area contributed by atoms with Crippen molar-refractivity contribution in [2.24, 2.45) is 5.41 Å². The molecular weight excluding hydrogens is 238 g/mol. The molecule has 0 spiro atoms. The topological polar surface area (TPSA) is 55.4 Å². The lowest BCUT2D eigenvalue weighted by molar-refractivity contribution is 0.109. The Kier molecular flexibility index (Phi) is 5.41. The first kappa shape index (κ1) is 14.9. The van der Waals surface area contributed by atoms with Gasteiger partial charge >= 0.3 is 0 Å². The fourth-order valence-electron chi connectivity index (χ4n) is 1.77. The molecule has 17 heavy (non-hydrogen) atoms. The molecule has 0 saturated carbocycles. The largest absolute Gasteiger partial charge is 0.380 e. The Morgan fingerprint density at radius 3 is 2.53 bits per heavy atom. The number of nitrogens with one attached hydrogen (secondary N) is 1. The minimum atomic E-state index is -2.77. The minimum absolute atomic E-state index is 0.131. The molecule has 1 aliphatic rings. The standard InChI is InChI=1S/C12H25NO3S/c1-12(2,3)5-7-16-8-6-13-11-4-9-17(14,15)10-11/h11,13H,4-10H2,1-3H3. The third-order valence-electron chi connectivity index (χ3n) is 2.91. The summed E-state index contributed by atoms with van der Waals surface area (Å²) in [6.07, 6.45) is 1.79. The molecule has 4 nitrogen and oxygen atoms in total. The van der Waals surface area contributed by atoms with Crippen LogP contribution in [0.4, 0.5) is 0 Å². The average molecular weight is 263 g/mol. The molecule has 5 heteroatoms. The zero-order chi connectivity index (χ0) is 12.9. The van der Waals surface area contributed by atoms with E-state index in [1.807, 2.05) is 0 Å². The number of sulfone groups is 1. The van der Waals surface area contributed by atoms with Gasteiger partial charge in [0.05, 0.1) is 18.1 Å². The molecule has 1 unspecified atom stereocenters. The number of hydrogen-bond donors (Lipinski definition) is 1. The van der Waals surface area contributed by atoms with E-state index in [0.717, 1.165) is 26.0 Å². The normalized spacial score (nSPS) is 24.1. The van der Waals surface area contributed by atoms with Crippen LogP contribution in [0.2, 0.25) is 0 Å². The number of hydrogen-bond acceptors (Lipinski definition) is 4. The van der Waals surface area contributed by atoms with Crippen molar-refractivity contribution in [1.29, 1.82) is 0 Å². The van der Waals surface area contributed by atoms with Crippen LogP contribution in [-0.4, -0.2) is 45.7 Å². The number of ether oxygens (including phenoxy) is 1. The second kappa shape index (κ2) is 6.16. The molecule has 0 aromatic carbocycles. The van der Waals surface area contributed by atoms with E-state index in [4.69, 9.17) is 4.74 Å². The molecule has 1 fully saturated rings. The predicted octanol–water partition coefficient (Wildman–Crippen LogP) is 1.22. The van der Waals surface area contributed by atoms with E-state index in [0.29, 0.717) is 17.8 Å². The lowest BCUT2D eigenvalue weighted by atomic mass is 9.93. The van der Waals surface area contributed by atoms with Crippen molar-refractivity contribution in [1.82, 2.24) is 5.32 Å². The molecule has 1 N–H and O–H groups in total. The molecule has 0 radical (unpaired) electrons. The van der Waals surface area contributed by atoms with Gasteiger partial charge in [0.15, 0.2) is 9.84 Å².